The number of amides is 2. The van der Waals surface area contributed by atoms with Crippen LogP contribution in [0.25, 0.3) is 10.8 Å². The van der Waals surface area contributed by atoms with Crippen LogP contribution in [0.15, 0.2) is 54.4 Å². The summed E-state index contributed by atoms with van der Waals surface area (Å²) in [6.45, 7) is 3.44. The monoisotopic (exact) mass is 369 g/mol. The second-order valence-electron chi connectivity index (χ2n) is 6.30. The third kappa shape index (κ3) is 4.03. The number of hydrogen-bond donors (Lipinski definition) is 2. The molecule has 0 spiro atoms. The van der Waals surface area contributed by atoms with Crippen LogP contribution in [0.3, 0.4) is 0 Å². The molecule has 1 unspecified atom stereocenters. The van der Waals surface area contributed by atoms with Gasteiger partial charge in [0.15, 0.2) is 0 Å². The van der Waals surface area contributed by atoms with Crippen LogP contribution in [0, 0.1) is 0 Å². The highest BCUT2D eigenvalue weighted by Gasteiger charge is 2.27. The average Bonchev–Trinajstić information content (AvgIpc) is 3.14. The molecule has 1 aliphatic rings. The number of carbonyl (C=O) groups is 2. The zero-order chi connectivity index (χ0) is 19.4. The number of ether oxygens (including phenoxy) is 1. The van der Waals surface area contributed by atoms with E-state index in [0.717, 1.165) is 10.8 Å². The highest BCUT2D eigenvalue weighted by molar-refractivity contribution is 6.06. The van der Waals surface area contributed by atoms with E-state index in [4.69, 9.17) is 9.57 Å². The van der Waals surface area contributed by atoms with Gasteiger partial charge in [-0.15, -0.1) is 0 Å². The topological polar surface area (TPSA) is 79.9 Å². The highest BCUT2D eigenvalue weighted by Crippen LogP contribution is 2.28. The minimum atomic E-state index is -0.673. The van der Waals surface area contributed by atoms with Crippen LogP contribution in [0.1, 0.15) is 13.8 Å². The summed E-state index contributed by atoms with van der Waals surface area (Å²) in [4.78, 5) is 31.8. The molecule has 0 aromatic heterocycles. The number of benzene rings is 2. The standard InChI is InChI=1S/C20H23N3O4/c1-13(20(25)21-12-16-11-19(26-3)22-27-16)23(14(2)24)18-10-6-8-15-7-4-5-9-17(15)18/h4-11,13,16,22H,12H2,1-3H3,(H,21,25)/t13-,16?/m0/s1. The predicted octanol–water partition coefficient (Wildman–Crippen LogP) is 2.09. The Labute approximate surface area is 157 Å². The molecule has 0 aliphatic carbocycles. The molecule has 2 atom stereocenters. The van der Waals surface area contributed by atoms with Gasteiger partial charge in [0.1, 0.15) is 12.1 Å². The number of nitrogens with zero attached hydrogens (tertiary/aromatic N) is 1. The smallest absolute Gasteiger partial charge is 0.243 e. The zero-order valence-corrected chi connectivity index (χ0v) is 15.6. The molecule has 0 saturated heterocycles. The Hall–Kier alpha value is -3.06. The molecule has 2 amide bonds. The Morgan fingerprint density at radius 1 is 1.26 bits per heavy atom. The molecule has 1 heterocycles. The van der Waals surface area contributed by atoms with E-state index in [2.05, 4.69) is 10.8 Å². The number of carbonyl (C=O) groups excluding carboxylic acids is 2. The third-order valence-corrected chi connectivity index (χ3v) is 4.48. The van der Waals surface area contributed by atoms with Gasteiger partial charge in [0.25, 0.3) is 0 Å². The van der Waals surface area contributed by atoms with Crippen molar-refractivity contribution >= 4 is 28.3 Å². The fourth-order valence-electron chi connectivity index (χ4n) is 3.12. The van der Waals surface area contributed by atoms with Crippen molar-refractivity contribution in [2.75, 3.05) is 18.6 Å². The van der Waals surface area contributed by atoms with Crippen molar-refractivity contribution in [3.8, 4) is 0 Å². The minimum absolute atomic E-state index is 0.200. The lowest BCUT2D eigenvalue weighted by molar-refractivity contribution is -0.125. The van der Waals surface area contributed by atoms with Crippen molar-refractivity contribution < 1.29 is 19.2 Å². The molecule has 0 bridgehead atoms. The first kappa shape index (κ1) is 18.7. The van der Waals surface area contributed by atoms with Crippen molar-refractivity contribution in [2.24, 2.45) is 0 Å². The molecule has 7 heteroatoms. The lowest BCUT2D eigenvalue weighted by Crippen LogP contribution is -2.49. The number of rotatable bonds is 6. The van der Waals surface area contributed by atoms with Crippen LogP contribution < -0.4 is 15.7 Å². The number of fused-ring (bicyclic) bond motifs is 1. The maximum Gasteiger partial charge on any atom is 0.243 e. The molecule has 1 aliphatic heterocycles. The predicted molar refractivity (Wildman–Crippen MR) is 103 cm³/mol. The van der Waals surface area contributed by atoms with Crippen LogP contribution in [0.5, 0.6) is 0 Å². The van der Waals surface area contributed by atoms with Crippen molar-refractivity contribution in [2.45, 2.75) is 26.0 Å². The summed E-state index contributed by atoms with van der Waals surface area (Å²) in [6, 6.07) is 12.8. The van der Waals surface area contributed by atoms with Gasteiger partial charge < -0.3 is 10.1 Å². The summed E-state index contributed by atoms with van der Waals surface area (Å²) < 4.78 is 5.02. The summed E-state index contributed by atoms with van der Waals surface area (Å²) in [5.41, 5.74) is 3.33. The minimum Gasteiger partial charge on any atom is -0.481 e. The van der Waals surface area contributed by atoms with E-state index < -0.39 is 6.04 Å². The van der Waals surface area contributed by atoms with Gasteiger partial charge in [-0.25, -0.2) is 5.48 Å². The van der Waals surface area contributed by atoms with E-state index in [1.807, 2.05) is 42.5 Å². The quantitative estimate of drug-likeness (QED) is 0.815. The summed E-state index contributed by atoms with van der Waals surface area (Å²) in [5, 5.41) is 4.76. The normalized spacial score (nSPS) is 17.0. The first-order chi connectivity index (χ1) is 13.0. The van der Waals surface area contributed by atoms with Gasteiger partial charge in [-0.2, -0.15) is 0 Å². The molecule has 2 aromatic carbocycles. The van der Waals surface area contributed by atoms with Crippen LogP contribution in [0.4, 0.5) is 5.69 Å². The molecule has 0 fully saturated rings. The molecule has 27 heavy (non-hydrogen) atoms. The van der Waals surface area contributed by atoms with Crippen LogP contribution in [-0.2, 0) is 19.2 Å². The zero-order valence-electron chi connectivity index (χ0n) is 15.6. The second kappa shape index (κ2) is 8.09. The molecule has 2 N–H and O–H groups in total. The van der Waals surface area contributed by atoms with Gasteiger partial charge in [0.05, 0.1) is 19.3 Å². The van der Waals surface area contributed by atoms with Gasteiger partial charge in [0, 0.05) is 18.4 Å². The molecule has 0 radical (unpaired) electrons. The van der Waals surface area contributed by atoms with E-state index in [-0.39, 0.29) is 24.5 Å². The van der Waals surface area contributed by atoms with Crippen molar-refractivity contribution in [3.63, 3.8) is 0 Å². The van der Waals surface area contributed by atoms with Gasteiger partial charge >= 0.3 is 0 Å². The Kier molecular flexibility index (Phi) is 5.61. The number of methoxy groups -OCH3 is 1. The van der Waals surface area contributed by atoms with E-state index in [1.165, 1.54) is 18.9 Å². The molecule has 2 aromatic rings. The molecule has 7 nitrogen and oxygen atoms in total. The molecule has 142 valence electrons. The molecular weight excluding hydrogens is 346 g/mol. The van der Waals surface area contributed by atoms with E-state index in [1.54, 1.807) is 13.0 Å². The highest BCUT2D eigenvalue weighted by atomic mass is 16.7. The summed E-state index contributed by atoms with van der Waals surface area (Å²) in [5.74, 6) is 0.0405. The summed E-state index contributed by atoms with van der Waals surface area (Å²) >= 11 is 0. The largest absolute Gasteiger partial charge is 0.481 e. The number of nitrogens with one attached hydrogen (secondary N) is 2. The van der Waals surface area contributed by atoms with Gasteiger partial charge in [-0.3, -0.25) is 19.3 Å². The lowest BCUT2D eigenvalue weighted by Gasteiger charge is -2.28. The van der Waals surface area contributed by atoms with Crippen molar-refractivity contribution in [3.05, 3.63) is 54.4 Å². The molecule has 3 rings (SSSR count). The second-order valence-corrected chi connectivity index (χ2v) is 6.30. The Bertz CT molecular complexity index is 875. The Morgan fingerprint density at radius 3 is 2.70 bits per heavy atom. The average molecular weight is 369 g/mol. The van der Waals surface area contributed by atoms with Gasteiger partial charge in [-0.1, -0.05) is 36.4 Å². The van der Waals surface area contributed by atoms with Crippen LogP contribution >= 0.6 is 0 Å². The maximum atomic E-state index is 12.7. The third-order valence-electron chi connectivity index (χ3n) is 4.48. The van der Waals surface area contributed by atoms with Crippen LogP contribution in [-0.4, -0.2) is 37.6 Å². The fraction of sp³-hybridized carbons (Fsp3) is 0.300. The van der Waals surface area contributed by atoms with E-state index in [9.17, 15) is 9.59 Å². The van der Waals surface area contributed by atoms with Gasteiger partial charge in [-0.05, 0) is 18.4 Å². The summed E-state index contributed by atoms with van der Waals surface area (Å²) in [6.07, 6.45) is 1.40. The number of hydrogen-bond acceptors (Lipinski definition) is 5. The maximum absolute atomic E-state index is 12.7. The Morgan fingerprint density at radius 2 is 2.00 bits per heavy atom. The van der Waals surface area contributed by atoms with Crippen molar-refractivity contribution in [1.29, 1.82) is 0 Å². The lowest BCUT2D eigenvalue weighted by atomic mass is 10.1. The van der Waals surface area contributed by atoms with Crippen molar-refractivity contribution in [1.82, 2.24) is 10.8 Å². The van der Waals surface area contributed by atoms with Gasteiger partial charge in [0.2, 0.25) is 17.7 Å². The number of hydroxylamine groups is 1. The van der Waals surface area contributed by atoms with Crippen LogP contribution in [0.2, 0.25) is 0 Å². The molecular formula is C20H23N3O4. The van der Waals surface area contributed by atoms with E-state index in [0.29, 0.717) is 11.6 Å². The molecule has 0 saturated carbocycles. The Balaban J connectivity index is 1.77. The van der Waals surface area contributed by atoms with E-state index >= 15 is 0 Å². The fourth-order valence-corrected chi connectivity index (χ4v) is 3.12. The first-order valence-corrected chi connectivity index (χ1v) is 8.74. The number of anilines is 1. The first-order valence-electron chi connectivity index (χ1n) is 8.74. The SMILES string of the molecule is COC1=CC(CNC(=O)[C@H](C)N(C(C)=O)c2cccc3ccccc23)ON1. The summed E-state index contributed by atoms with van der Waals surface area (Å²) in [7, 11) is 1.53.